The number of carbonyl (C=O) groups is 2. The summed E-state index contributed by atoms with van der Waals surface area (Å²) in [5, 5.41) is 2.60. The fourth-order valence-electron chi connectivity index (χ4n) is 1.86. The lowest BCUT2D eigenvalue weighted by atomic mass is 10.2. The first-order valence-electron chi connectivity index (χ1n) is 6.86. The van der Waals surface area contributed by atoms with Gasteiger partial charge in [-0.15, -0.1) is 0 Å². The quantitative estimate of drug-likeness (QED) is 0.599. The third-order valence-electron chi connectivity index (χ3n) is 2.93. The minimum Gasteiger partial charge on any atom is -0.441 e. The van der Waals surface area contributed by atoms with Crippen LogP contribution in [0.4, 0.5) is 0 Å². The number of hydrogen-bond acceptors (Lipinski definition) is 4. The van der Waals surface area contributed by atoms with Gasteiger partial charge in [0.25, 0.3) is 12.4 Å². The van der Waals surface area contributed by atoms with Crippen LogP contribution in [-0.4, -0.2) is 25.2 Å². The van der Waals surface area contributed by atoms with Crippen molar-refractivity contribution in [2.24, 2.45) is 0 Å². The SMILES string of the molecule is O=CO[C@@H](COCc1ccccc1)NC(=O)c1ccccc1. The summed E-state index contributed by atoms with van der Waals surface area (Å²) in [5.74, 6) is -0.323. The first kappa shape index (κ1) is 15.7. The summed E-state index contributed by atoms with van der Waals surface area (Å²) in [4.78, 5) is 22.5. The Morgan fingerprint density at radius 3 is 2.32 bits per heavy atom. The molecule has 0 bridgehead atoms. The van der Waals surface area contributed by atoms with Crippen LogP contribution in [-0.2, 0) is 20.9 Å². The molecule has 0 saturated heterocycles. The van der Waals surface area contributed by atoms with Gasteiger partial charge in [-0.2, -0.15) is 0 Å². The third-order valence-corrected chi connectivity index (χ3v) is 2.93. The van der Waals surface area contributed by atoms with E-state index in [1.54, 1.807) is 24.3 Å². The minimum absolute atomic E-state index is 0.0756. The summed E-state index contributed by atoms with van der Waals surface area (Å²) < 4.78 is 10.3. The van der Waals surface area contributed by atoms with E-state index >= 15 is 0 Å². The smallest absolute Gasteiger partial charge is 0.295 e. The van der Waals surface area contributed by atoms with Crippen LogP contribution >= 0.6 is 0 Å². The van der Waals surface area contributed by atoms with Gasteiger partial charge in [-0.05, 0) is 17.7 Å². The van der Waals surface area contributed by atoms with E-state index in [-0.39, 0.29) is 12.5 Å². The average Bonchev–Trinajstić information content (AvgIpc) is 2.57. The van der Waals surface area contributed by atoms with Crippen molar-refractivity contribution in [1.29, 1.82) is 0 Å². The van der Waals surface area contributed by atoms with Gasteiger partial charge in [-0.3, -0.25) is 9.59 Å². The lowest BCUT2D eigenvalue weighted by Gasteiger charge is -2.17. The zero-order valence-corrected chi connectivity index (χ0v) is 12.0. The molecule has 22 heavy (non-hydrogen) atoms. The molecule has 2 rings (SSSR count). The molecule has 2 aromatic carbocycles. The van der Waals surface area contributed by atoms with Crippen molar-refractivity contribution < 1.29 is 19.1 Å². The zero-order valence-electron chi connectivity index (χ0n) is 12.0. The summed E-state index contributed by atoms with van der Waals surface area (Å²) >= 11 is 0. The maximum absolute atomic E-state index is 12.0. The Morgan fingerprint density at radius 2 is 1.68 bits per heavy atom. The fourth-order valence-corrected chi connectivity index (χ4v) is 1.86. The predicted octanol–water partition coefficient (Wildman–Crippen LogP) is 2.13. The molecule has 1 atom stereocenters. The molecule has 0 spiro atoms. The van der Waals surface area contributed by atoms with Gasteiger partial charge < -0.3 is 14.8 Å². The normalized spacial score (nSPS) is 11.5. The molecule has 1 amide bonds. The van der Waals surface area contributed by atoms with Crippen LogP contribution in [0.5, 0.6) is 0 Å². The van der Waals surface area contributed by atoms with Gasteiger partial charge in [0.15, 0.2) is 6.23 Å². The Bertz CT molecular complexity index is 586. The molecule has 114 valence electrons. The second-order valence-corrected chi connectivity index (χ2v) is 4.56. The fraction of sp³-hybridized carbons (Fsp3) is 0.176. The van der Waals surface area contributed by atoms with Crippen LogP contribution in [0.15, 0.2) is 60.7 Å². The van der Waals surface area contributed by atoms with E-state index in [4.69, 9.17) is 9.47 Å². The van der Waals surface area contributed by atoms with Crippen molar-refractivity contribution in [2.45, 2.75) is 12.8 Å². The van der Waals surface area contributed by atoms with E-state index in [0.29, 0.717) is 18.6 Å². The van der Waals surface area contributed by atoms with Gasteiger partial charge in [0.1, 0.15) is 6.61 Å². The summed E-state index contributed by atoms with van der Waals surface area (Å²) in [7, 11) is 0. The largest absolute Gasteiger partial charge is 0.441 e. The monoisotopic (exact) mass is 299 g/mol. The summed E-state index contributed by atoms with van der Waals surface area (Å²) in [6.07, 6.45) is -0.825. The van der Waals surface area contributed by atoms with E-state index in [0.717, 1.165) is 5.56 Å². The van der Waals surface area contributed by atoms with Crippen molar-refractivity contribution in [3.05, 3.63) is 71.8 Å². The standard InChI is InChI=1S/C17H17NO4/c19-13-22-16(12-21-11-14-7-3-1-4-8-14)18-17(20)15-9-5-2-6-10-15/h1-10,13,16H,11-12H2,(H,18,20)/t16-/m0/s1. The topological polar surface area (TPSA) is 64.6 Å². The molecule has 0 saturated carbocycles. The van der Waals surface area contributed by atoms with Crippen molar-refractivity contribution >= 4 is 12.4 Å². The highest BCUT2D eigenvalue weighted by Crippen LogP contribution is 2.03. The van der Waals surface area contributed by atoms with Gasteiger partial charge in [0.05, 0.1) is 6.61 Å². The number of amides is 1. The lowest BCUT2D eigenvalue weighted by Crippen LogP contribution is -2.40. The molecule has 0 unspecified atom stereocenters. The second kappa shape index (κ2) is 8.59. The van der Waals surface area contributed by atoms with Crippen LogP contribution in [0.1, 0.15) is 15.9 Å². The molecular formula is C17H17NO4. The van der Waals surface area contributed by atoms with Crippen LogP contribution < -0.4 is 5.32 Å². The maximum Gasteiger partial charge on any atom is 0.295 e. The molecular weight excluding hydrogens is 282 g/mol. The third kappa shape index (κ3) is 5.03. The van der Waals surface area contributed by atoms with E-state index in [9.17, 15) is 9.59 Å². The Hall–Kier alpha value is -2.66. The first-order chi connectivity index (χ1) is 10.8. The molecule has 0 heterocycles. The van der Waals surface area contributed by atoms with Crippen LogP contribution in [0.3, 0.4) is 0 Å². The molecule has 0 aliphatic carbocycles. The molecule has 0 fully saturated rings. The Kier molecular flexibility index (Phi) is 6.14. The average molecular weight is 299 g/mol. The summed E-state index contributed by atoms with van der Waals surface area (Å²) in [5.41, 5.74) is 1.49. The van der Waals surface area contributed by atoms with Crippen LogP contribution in [0.2, 0.25) is 0 Å². The number of rotatable bonds is 8. The lowest BCUT2D eigenvalue weighted by molar-refractivity contribution is -0.138. The van der Waals surface area contributed by atoms with E-state index in [1.165, 1.54) is 0 Å². The minimum atomic E-state index is -0.825. The van der Waals surface area contributed by atoms with Crippen LogP contribution in [0, 0.1) is 0 Å². The number of benzene rings is 2. The van der Waals surface area contributed by atoms with Gasteiger partial charge in [-0.1, -0.05) is 48.5 Å². The molecule has 0 radical (unpaired) electrons. The van der Waals surface area contributed by atoms with Crippen molar-refractivity contribution in [2.75, 3.05) is 6.61 Å². The molecule has 0 aliphatic heterocycles. The van der Waals surface area contributed by atoms with Crippen LogP contribution in [0.25, 0.3) is 0 Å². The molecule has 2 aromatic rings. The molecule has 5 nitrogen and oxygen atoms in total. The number of carbonyl (C=O) groups excluding carboxylic acids is 2. The number of nitrogens with one attached hydrogen (secondary N) is 1. The van der Waals surface area contributed by atoms with Gasteiger partial charge >= 0.3 is 0 Å². The Labute approximate surface area is 128 Å². The highest BCUT2D eigenvalue weighted by atomic mass is 16.6. The predicted molar refractivity (Wildman–Crippen MR) is 80.9 cm³/mol. The van der Waals surface area contributed by atoms with E-state index in [1.807, 2.05) is 36.4 Å². The molecule has 5 heteroatoms. The van der Waals surface area contributed by atoms with E-state index in [2.05, 4.69) is 5.32 Å². The molecule has 0 aliphatic rings. The molecule has 1 N–H and O–H groups in total. The first-order valence-corrected chi connectivity index (χ1v) is 6.86. The van der Waals surface area contributed by atoms with Gasteiger partial charge in [-0.25, -0.2) is 0 Å². The summed E-state index contributed by atoms with van der Waals surface area (Å²) in [6, 6.07) is 18.3. The summed E-state index contributed by atoms with van der Waals surface area (Å²) in [6.45, 7) is 0.745. The van der Waals surface area contributed by atoms with Crippen molar-refractivity contribution in [3.63, 3.8) is 0 Å². The zero-order chi connectivity index (χ0) is 15.6. The highest BCUT2D eigenvalue weighted by molar-refractivity contribution is 5.94. The Morgan fingerprint density at radius 1 is 1.05 bits per heavy atom. The van der Waals surface area contributed by atoms with Crippen molar-refractivity contribution in [1.82, 2.24) is 5.32 Å². The number of ether oxygens (including phenoxy) is 2. The maximum atomic E-state index is 12.0. The van der Waals surface area contributed by atoms with Crippen molar-refractivity contribution in [3.8, 4) is 0 Å². The Balaban J connectivity index is 1.84. The molecule has 0 aromatic heterocycles. The van der Waals surface area contributed by atoms with Gasteiger partial charge in [0.2, 0.25) is 0 Å². The number of hydrogen-bond donors (Lipinski definition) is 1. The van der Waals surface area contributed by atoms with Gasteiger partial charge in [0, 0.05) is 5.56 Å². The highest BCUT2D eigenvalue weighted by Gasteiger charge is 2.14. The second-order valence-electron chi connectivity index (χ2n) is 4.56. The van der Waals surface area contributed by atoms with E-state index < -0.39 is 6.23 Å².